The molecule has 3 heteroatoms. The summed E-state index contributed by atoms with van der Waals surface area (Å²) < 4.78 is 0. The molecule has 0 saturated carbocycles. The van der Waals surface area contributed by atoms with Crippen molar-refractivity contribution in [2.24, 2.45) is 0 Å². The molecule has 1 heterocycles. The number of hydrogen-bond acceptors (Lipinski definition) is 3. The number of aryl methyl sites for hydroxylation is 2. The van der Waals surface area contributed by atoms with Crippen LogP contribution in [0.4, 0.5) is 11.4 Å². The molecule has 3 nitrogen and oxygen atoms in total. The van der Waals surface area contributed by atoms with E-state index in [4.69, 9.17) is 5.26 Å². The van der Waals surface area contributed by atoms with E-state index in [1.807, 2.05) is 6.07 Å². The van der Waals surface area contributed by atoms with Crippen LogP contribution in [0, 0.1) is 25.3 Å². The topological polar surface area (TPSA) is 39.1 Å². The van der Waals surface area contributed by atoms with Crippen molar-refractivity contribution in [2.45, 2.75) is 13.8 Å². The Morgan fingerprint density at radius 1 is 1.38 bits per heavy atom. The van der Waals surface area contributed by atoms with Crippen LogP contribution in [0.3, 0.4) is 0 Å². The van der Waals surface area contributed by atoms with Crippen LogP contribution in [-0.4, -0.2) is 6.67 Å². The van der Waals surface area contributed by atoms with Crippen LogP contribution >= 0.6 is 0 Å². The molecule has 0 aromatic heterocycles. The first kappa shape index (κ1) is 7.93. The second kappa shape index (κ2) is 2.67. The lowest BCUT2D eigenvalue weighted by Gasteiger charge is -2.07. The molecule has 0 unspecified atom stereocenters. The first-order valence-corrected chi connectivity index (χ1v) is 4.25. The molecule has 0 bridgehead atoms. The van der Waals surface area contributed by atoms with Gasteiger partial charge in [0.25, 0.3) is 0 Å². The molecule has 0 saturated heterocycles. The number of anilines is 2. The Morgan fingerprint density at radius 3 is 2.77 bits per heavy atom. The van der Waals surface area contributed by atoms with E-state index in [1.54, 1.807) is 4.90 Å². The number of nitrogens with one attached hydrogen (secondary N) is 1. The maximum Gasteiger partial charge on any atom is 0.186 e. The first-order valence-electron chi connectivity index (χ1n) is 4.25. The summed E-state index contributed by atoms with van der Waals surface area (Å²) in [6.45, 7) is 4.73. The summed E-state index contributed by atoms with van der Waals surface area (Å²) >= 11 is 0. The molecule has 1 aliphatic heterocycles. The van der Waals surface area contributed by atoms with Crippen molar-refractivity contribution in [3.8, 4) is 6.19 Å². The SMILES string of the molecule is Cc1cc2c(cc1C)N(C#N)CN2. The normalized spacial score (nSPS) is 13.5. The van der Waals surface area contributed by atoms with Gasteiger partial charge in [0.15, 0.2) is 6.19 Å². The highest BCUT2D eigenvalue weighted by molar-refractivity contribution is 5.78. The van der Waals surface area contributed by atoms with Crippen LogP contribution in [0.5, 0.6) is 0 Å². The predicted octanol–water partition coefficient (Wildman–Crippen LogP) is 1.97. The Labute approximate surface area is 77.6 Å². The van der Waals surface area contributed by atoms with E-state index in [0.717, 1.165) is 11.4 Å². The quantitative estimate of drug-likeness (QED) is 0.610. The highest BCUT2D eigenvalue weighted by Gasteiger charge is 2.18. The van der Waals surface area contributed by atoms with Gasteiger partial charge < -0.3 is 5.32 Å². The van der Waals surface area contributed by atoms with E-state index in [9.17, 15) is 0 Å². The summed E-state index contributed by atoms with van der Waals surface area (Å²) in [4.78, 5) is 1.65. The molecule has 1 N–H and O–H groups in total. The van der Waals surface area contributed by atoms with Gasteiger partial charge in [0.1, 0.15) is 6.67 Å². The Hall–Kier alpha value is -1.69. The van der Waals surface area contributed by atoms with Gasteiger partial charge in [-0.25, -0.2) is 0 Å². The van der Waals surface area contributed by atoms with Gasteiger partial charge >= 0.3 is 0 Å². The maximum absolute atomic E-state index is 8.81. The van der Waals surface area contributed by atoms with Crippen LogP contribution in [0.1, 0.15) is 11.1 Å². The van der Waals surface area contributed by atoms with Gasteiger partial charge in [-0.15, -0.1) is 0 Å². The zero-order valence-electron chi connectivity index (χ0n) is 7.76. The standard InChI is InChI=1S/C10H11N3/c1-7-3-9-10(4-8(7)2)13(5-11)6-12-9/h3-4,12H,6H2,1-2H3. The third kappa shape index (κ3) is 1.11. The number of benzene rings is 1. The molecule has 0 spiro atoms. The number of fused-ring (bicyclic) bond motifs is 1. The second-order valence-electron chi connectivity index (χ2n) is 3.32. The second-order valence-corrected chi connectivity index (χ2v) is 3.32. The molecule has 0 fully saturated rings. The van der Waals surface area contributed by atoms with Crippen LogP contribution < -0.4 is 10.2 Å². The fourth-order valence-electron chi connectivity index (χ4n) is 1.50. The van der Waals surface area contributed by atoms with Crippen molar-refractivity contribution < 1.29 is 0 Å². The van der Waals surface area contributed by atoms with Gasteiger partial charge in [0, 0.05) is 0 Å². The van der Waals surface area contributed by atoms with Crippen LogP contribution in [0.25, 0.3) is 0 Å². The highest BCUT2D eigenvalue weighted by Crippen LogP contribution is 2.32. The third-order valence-electron chi connectivity index (χ3n) is 2.45. The largest absolute Gasteiger partial charge is 0.365 e. The van der Waals surface area contributed by atoms with Crippen molar-refractivity contribution in [2.75, 3.05) is 16.9 Å². The van der Waals surface area contributed by atoms with Gasteiger partial charge in [-0.3, -0.25) is 4.90 Å². The fraction of sp³-hybridized carbons (Fsp3) is 0.300. The van der Waals surface area contributed by atoms with Crippen LogP contribution in [0.2, 0.25) is 0 Å². The average Bonchev–Trinajstić information content (AvgIpc) is 2.48. The summed E-state index contributed by atoms with van der Waals surface area (Å²) in [7, 11) is 0. The summed E-state index contributed by atoms with van der Waals surface area (Å²) in [5.41, 5.74) is 4.53. The highest BCUT2D eigenvalue weighted by atomic mass is 15.3. The Kier molecular flexibility index (Phi) is 1.63. The molecule has 1 aromatic carbocycles. The van der Waals surface area contributed by atoms with Crippen molar-refractivity contribution in [3.63, 3.8) is 0 Å². The summed E-state index contributed by atoms with van der Waals surface area (Å²) in [6, 6.07) is 4.13. The van der Waals surface area contributed by atoms with E-state index >= 15 is 0 Å². The Balaban J connectivity index is 2.55. The average molecular weight is 173 g/mol. The van der Waals surface area contributed by atoms with Gasteiger partial charge in [-0.05, 0) is 37.1 Å². The van der Waals surface area contributed by atoms with E-state index in [2.05, 4.69) is 31.4 Å². The van der Waals surface area contributed by atoms with Crippen LogP contribution in [0.15, 0.2) is 12.1 Å². The van der Waals surface area contributed by atoms with Crippen molar-refractivity contribution >= 4 is 11.4 Å². The minimum Gasteiger partial charge on any atom is -0.365 e. The van der Waals surface area contributed by atoms with Gasteiger partial charge in [0.2, 0.25) is 0 Å². The van der Waals surface area contributed by atoms with Crippen molar-refractivity contribution in [1.29, 1.82) is 5.26 Å². The zero-order valence-corrected chi connectivity index (χ0v) is 7.76. The van der Waals surface area contributed by atoms with Gasteiger partial charge in [0.05, 0.1) is 11.4 Å². The smallest absolute Gasteiger partial charge is 0.186 e. The lowest BCUT2D eigenvalue weighted by molar-refractivity contribution is 1.10. The molecular formula is C10H11N3. The maximum atomic E-state index is 8.81. The number of hydrogen-bond donors (Lipinski definition) is 1. The first-order chi connectivity index (χ1) is 6.22. The number of rotatable bonds is 0. The summed E-state index contributed by atoms with van der Waals surface area (Å²) in [5, 5.41) is 12.0. The monoisotopic (exact) mass is 173 g/mol. The Bertz CT molecular complexity index is 390. The molecule has 0 radical (unpaired) electrons. The molecule has 0 amide bonds. The van der Waals surface area contributed by atoms with E-state index in [-0.39, 0.29) is 0 Å². The molecule has 13 heavy (non-hydrogen) atoms. The van der Waals surface area contributed by atoms with Crippen molar-refractivity contribution in [1.82, 2.24) is 0 Å². The van der Waals surface area contributed by atoms with Crippen molar-refractivity contribution in [3.05, 3.63) is 23.3 Å². The third-order valence-corrected chi connectivity index (χ3v) is 2.45. The number of nitriles is 1. The van der Waals surface area contributed by atoms with Gasteiger partial charge in [-0.1, -0.05) is 0 Å². The molecule has 0 aliphatic carbocycles. The Morgan fingerprint density at radius 2 is 2.08 bits per heavy atom. The fourth-order valence-corrected chi connectivity index (χ4v) is 1.50. The molecule has 2 rings (SSSR count). The molecule has 0 atom stereocenters. The van der Waals surface area contributed by atoms with E-state index in [1.165, 1.54) is 11.1 Å². The lowest BCUT2D eigenvalue weighted by Crippen LogP contribution is -2.15. The van der Waals surface area contributed by atoms with Gasteiger partial charge in [-0.2, -0.15) is 5.26 Å². The molecule has 66 valence electrons. The number of nitrogens with zero attached hydrogens (tertiary/aromatic N) is 2. The summed E-state index contributed by atoms with van der Waals surface area (Å²) in [5.74, 6) is 0. The minimum atomic E-state index is 0.592. The molecule has 1 aromatic rings. The van der Waals surface area contributed by atoms with Crippen LogP contribution in [-0.2, 0) is 0 Å². The lowest BCUT2D eigenvalue weighted by atomic mass is 10.1. The molecule has 1 aliphatic rings. The molecular weight excluding hydrogens is 162 g/mol. The minimum absolute atomic E-state index is 0.592. The summed E-state index contributed by atoms with van der Waals surface area (Å²) in [6.07, 6.45) is 2.14. The zero-order chi connectivity index (χ0) is 9.42. The predicted molar refractivity (Wildman–Crippen MR) is 52.5 cm³/mol. The van der Waals surface area contributed by atoms with E-state index in [0.29, 0.717) is 6.67 Å². The van der Waals surface area contributed by atoms with E-state index < -0.39 is 0 Å².